The van der Waals surface area contributed by atoms with Crippen molar-refractivity contribution in [2.45, 2.75) is 13.3 Å². The molecule has 2 heterocycles. The second kappa shape index (κ2) is 6.51. The minimum atomic E-state index is 0.714. The van der Waals surface area contributed by atoms with E-state index in [9.17, 15) is 0 Å². The second-order valence-electron chi connectivity index (χ2n) is 5.75. The molecule has 4 aromatic rings. The highest BCUT2D eigenvalue weighted by molar-refractivity contribution is 6.30. The van der Waals surface area contributed by atoms with Gasteiger partial charge in [-0.3, -0.25) is 0 Å². The zero-order chi connectivity index (χ0) is 17.4. The van der Waals surface area contributed by atoms with Gasteiger partial charge < -0.3 is 0 Å². The van der Waals surface area contributed by atoms with Crippen LogP contribution in [0.2, 0.25) is 10.0 Å². The van der Waals surface area contributed by atoms with E-state index in [2.05, 4.69) is 11.9 Å². The fourth-order valence-electron chi connectivity index (χ4n) is 2.99. The quantitative estimate of drug-likeness (QED) is 0.448. The Hall–Kier alpha value is -2.36. The van der Waals surface area contributed by atoms with E-state index in [4.69, 9.17) is 28.3 Å². The summed E-state index contributed by atoms with van der Waals surface area (Å²) in [6.07, 6.45) is 2.64. The van der Waals surface area contributed by atoms with Crippen LogP contribution in [-0.4, -0.2) is 14.6 Å². The Kier molecular flexibility index (Phi) is 4.20. The summed E-state index contributed by atoms with van der Waals surface area (Å²) in [4.78, 5) is 4.59. The molecule has 0 spiro atoms. The van der Waals surface area contributed by atoms with Gasteiger partial charge in [0, 0.05) is 27.4 Å². The van der Waals surface area contributed by atoms with E-state index < -0.39 is 0 Å². The van der Waals surface area contributed by atoms with Gasteiger partial charge in [0.25, 0.3) is 0 Å². The lowest BCUT2D eigenvalue weighted by Gasteiger charge is -2.05. The SMILES string of the molecule is CCc1nn2c(-c3ccc(Cl)cc3)ccnc2c1-c1ccc(Cl)cc1. The molecule has 0 N–H and O–H groups in total. The molecule has 0 saturated carbocycles. The first-order valence-corrected chi connectivity index (χ1v) is 8.81. The van der Waals surface area contributed by atoms with Crippen LogP contribution in [0.4, 0.5) is 0 Å². The number of aromatic nitrogens is 3. The van der Waals surface area contributed by atoms with E-state index >= 15 is 0 Å². The summed E-state index contributed by atoms with van der Waals surface area (Å²) in [6.45, 7) is 2.10. The highest BCUT2D eigenvalue weighted by Crippen LogP contribution is 2.31. The summed E-state index contributed by atoms with van der Waals surface area (Å²) in [5.41, 5.74) is 6.00. The Morgan fingerprint density at radius 2 is 1.44 bits per heavy atom. The van der Waals surface area contributed by atoms with Gasteiger partial charge in [-0.05, 0) is 42.3 Å². The maximum absolute atomic E-state index is 6.04. The maximum atomic E-state index is 6.04. The Morgan fingerprint density at radius 3 is 2.04 bits per heavy atom. The fourth-order valence-corrected chi connectivity index (χ4v) is 3.24. The molecule has 2 aromatic carbocycles. The van der Waals surface area contributed by atoms with Crippen molar-refractivity contribution in [1.29, 1.82) is 0 Å². The van der Waals surface area contributed by atoms with E-state index in [-0.39, 0.29) is 0 Å². The van der Waals surface area contributed by atoms with E-state index in [1.54, 1.807) is 0 Å². The third-order valence-corrected chi connectivity index (χ3v) is 4.70. The number of benzene rings is 2. The smallest absolute Gasteiger partial charge is 0.163 e. The van der Waals surface area contributed by atoms with Gasteiger partial charge in [-0.1, -0.05) is 54.4 Å². The molecule has 2 aromatic heterocycles. The molecule has 124 valence electrons. The van der Waals surface area contributed by atoms with Crippen molar-refractivity contribution < 1.29 is 0 Å². The number of fused-ring (bicyclic) bond motifs is 1. The van der Waals surface area contributed by atoms with Crippen LogP contribution < -0.4 is 0 Å². The number of hydrogen-bond donors (Lipinski definition) is 0. The standard InChI is InChI=1S/C20H15Cl2N3/c1-2-17-19(14-5-9-16(22)10-6-14)20-23-12-11-18(25(20)24-17)13-3-7-15(21)8-4-13/h3-12H,2H2,1H3. The average Bonchev–Trinajstić information content (AvgIpc) is 3.02. The van der Waals surface area contributed by atoms with Crippen molar-refractivity contribution in [1.82, 2.24) is 14.6 Å². The first-order chi connectivity index (χ1) is 12.2. The molecule has 4 rings (SSSR count). The predicted molar refractivity (Wildman–Crippen MR) is 103 cm³/mol. The van der Waals surface area contributed by atoms with Crippen molar-refractivity contribution in [2.75, 3.05) is 0 Å². The molecule has 0 aliphatic heterocycles. The molecule has 0 radical (unpaired) electrons. The first-order valence-electron chi connectivity index (χ1n) is 8.06. The zero-order valence-corrected chi connectivity index (χ0v) is 15.1. The largest absolute Gasteiger partial charge is 0.236 e. The molecule has 0 amide bonds. The number of halogens is 2. The Labute approximate surface area is 155 Å². The summed E-state index contributed by atoms with van der Waals surface area (Å²) in [5.74, 6) is 0. The third-order valence-electron chi connectivity index (χ3n) is 4.20. The third kappa shape index (κ3) is 2.90. The van der Waals surface area contributed by atoms with Gasteiger partial charge in [0.15, 0.2) is 5.65 Å². The predicted octanol–water partition coefficient (Wildman–Crippen LogP) is 5.93. The highest BCUT2D eigenvalue weighted by atomic mass is 35.5. The highest BCUT2D eigenvalue weighted by Gasteiger charge is 2.17. The Bertz CT molecular complexity index is 1040. The van der Waals surface area contributed by atoms with Crippen LogP contribution in [0.15, 0.2) is 60.8 Å². The molecular weight excluding hydrogens is 353 g/mol. The number of nitrogens with zero attached hydrogens (tertiary/aromatic N) is 3. The Morgan fingerprint density at radius 1 is 0.840 bits per heavy atom. The maximum Gasteiger partial charge on any atom is 0.163 e. The van der Waals surface area contributed by atoms with Crippen LogP contribution in [-0.2, 0) is 6.42 Å². The molecule has 0 unspecified atom stereocenters. The molecule has 0 fully saturated rings. The van der Waals surface area contributed by atoms with E-state index in [1.807, 2.05) is 65.3 Å². The normalized spacial score (nSPS) is 11.2. The summed E-state index contributed by atoms with van der Waals surface area (Å²) < 4.78 is 1.91. The van der Waals surface area contributed by atoms with Gasteiger partial charge in [0.05, 0.1) is 11.4 Å². The summed E-state index contributed by atoms with van der Waals surface area (Å²) in [7, 11) is 0. The number of hydrogen-bond acceptors (Lipinski definition) is 2. The van der Waals surface area contributed by atoms with E-state index in [1.165, 1.54) is 0 Å². The lowest BCUT2D eigenvalue weighted by atomic mass is 10.0. The van der Waals surface area contributed by atoms with E-state index in [0.29, 0.717) is 10.0 Å². The second-order valence-corrected chi connectivity index (χ2v) is 6.63. The van der Waals surface area contributed by atoms with Crippen molar-refractivity contribution in [3.63, 3.8) is 0 Å². The lowest BCUT2D eigenvalue weighted by Crippen LogP contribution is -1.96. The van der Waals surface area contributed by atoms with Gasteiger partial charge in [-0.15, -0.1) is 0 Å². The molecule has 0 saturated heterocycles. The van der Waals surface area contributed by atoms with Crippen LogP contribution in [0.25, 0.3) is 28.0 Å². The molecule has 5 heteroatoms. The average molecular weight is 368 g/mol. The topological polar surface area (TPSA) is 30.2 Å². The monoisotopic (exact) mass is 367 g/mol. The van der Waals surface area contributed by atoms with Crippen LogP contribution in [0.3, 0.4) is 0 Å². The Balaban J connectivity index is 1.97. The van der Waals surface area contributed by atoms with Gasteiger partial charge in [-0.25, -0.2) is 9.50 Å². The summed E-state index contributed by atoms with van der Waals surface area (Å²) in [5, 5.41) is 6.25. The molecule has 0 aliphatic rings. The lowest BCUT2D eigenvalue weighted by molar-refractivity contribution is 0.894. The molecule has 0 aliphatic carbocycles. The van der Waals surface area contributed by atoms with Crippen molar-refractivity contribution in [3.05, 3.63) is 76.5 Å². The van der Waals surface area contributed by atoms with Crippen LogP contribution in [0, 0.1) is 0 Å². The van der Waals surface area contributed by atoms with Crippen LogP contribution >= 0.6 is 23.2 Å². The molecule has 3 nitrogen and oxygen atoms in total. The summed E-state index contributed by atoms with van der Waals surface area (Å²) >= 11 is 12.1. The minimum absolute atomic E-state index is 0.714. The molecule has 25 heavy (non-hydrogen) atoms. The van der Waals surface area contributed by atoms with Crippen LogP contribution in [0.5, 0.6) is 0 Å². The van der Waals surface area contributed by atoms with Gasteiger partial charge in [0.2, 0.25) is 0 Å². The van der Waals surface area contributed by atoms with Crippen molar-refractivity contribution >= 4 is 28.8 Å². The van der Waals surface area contributed by atoms with Gasteiger partial charge in [-0.2, -0.15) is 5.10 Å². The van der Waals surface area contributed by atoms with Crippen LogP contribution in [0.1, 0.15) is 12.6 Å². The first kappa shape index (κ1) is 16.1. The van der Waals surface area contributed by atoms with E-state index in [0.717, 1.165) is 40.1 Å². The number of rotatable bonds is 3. The van der Waals surface area contributed by atoms with Crippen molar-refractivity contribution in [3.8, 4) is 22.4 Å². The van der Waals surface area contributed by atoms with Gasteiger partial charge >= 0.3 is 0 Å². The minimum Gasteiger partial charge on any atom is -0.236 e. The molecule has 0 bridgehead atoms. The number of aryl methyl sites for hydroxylation is 1. The molecule has 0 atom stereocenters. The van der Waals surface area contributed by atoms with Gasteiger partial charge in [0.1, 0.15) is 0 Å². The fraction of sp³-hybridized carbons (Fsp3) is 0.100. The molecular formula is C20H15Cl2N3. The summed E-state index contributed by atoms with van der Waals surface area (Å²) in [6, 6.07) is 17.5. The van der Waals surface area contributed by atoms with Crippen molar-refractivity contribution in [2.24, 2.45) is 0 Å². The zero-order valence-electron chi connectivity index (χ0n) is 13.6.